The summed E-state index contributed by atoms with van der Waals surface area (Å²) in [6, 6.07) is 0. The van der Waals surface area contributed by atoms with Gasteiger partial charge in [-0.2, -0.15) is 0 Å². The van der Waals surface area contributed by atoms with Crippen LogP contribution < -0.4 is 0 Å². The molecule has 0 saturated carbocycles. The zero-order chi connectivity index (χ0) is 13.3. The molecule has 2 saturated heterocycles. The summed E-state index contributed by atoms with van der Waals surface area (Å²) in [6.07, 6.45) is -0.977. The minimum absolute atomic E-state index is 0.0561. The SMILES string of the molecule is COCOC[C@H]1OC(=C(Cl)Cl)[C@H]2OC(C)(C)O[C@H]21. The molecule has 5 nitrogen and oxygen atoms in total. The van der Waals surface area contributed by atoms with E-state index in [1.54, 1.807) is 7.11 Å². The molecule has 18 heavy (non-hydrogen) atoms. The van der Waals surface area contributed by atoms with Gasteiger partial charge in [-0.1, -0.05) is 23.2 Å². The second-order valence-electron chi connectivity index (χ2n) is 4.58. The molecule has 2 fully saturated rings. The van der Waals surface area contributed by atoms with Gasteiger partial charge in [-0.05, 0) is 13.8 Å². The Balaban J connectivity index is 2.08. The molecule has 0 aliphatic carbocycles. The Morgan fingerprint density at radius 2 is 2.06 bits per heavy atom. The Bertz CT molecular complexity index is 340. The minimum atomic E-state index is -0.687. The topological polar surface area (TPSA) is 46.2 Å². The summed E-state index contributed by atoms with van der Waals surface area (Å²) < 4.78 is 27.3. The molecule has 3 atom stereocenters. The first kappa shape index (κ1) is 14.4. The summed E-state index contributed by atoms with van der Waals surface area (Å²) in [5.74, 6) is -0.285. The number of hydrogen-bond donors (Lipinski definition) is 0. The van der Waals surface area contributed by atoms with Crippen molar-refractivity contribution in [2.24, 2.45) is 0 Å². The number of ether oxygens (including phenoxy) is 5. The van der Waals surface area contributed by atoms with Gasteiger partial charge in [-0.3, -0.25) is 0 Å². The molecule has 2 heterocycles. The highest BCUT2D eigenvalue weighted by Gasteiger charge is 2.54. The van der Waals surface area contributed by atoms with Crippen LogP contribution in [0.5, 0.6) is 0 Å². The van der Waals surface area contributed by atoms with Gasteiger partial charge >= 0.3 is 0 Å². The number of hydrogen-bond acceptors (Lipinski definition) is 5. The fraction of sp³-hybridized carbons (Fsp3) is 0.818. The maximum Gasteiger partial charge on any atom is 0.164 e. The van der Waals surface area contributed by atoms with Gasteiger partial charge in [0.15, 0.2) is 23.8 Å². The summed E-state index contributed by atoms with van der Waals surface area (Å²) in [7, 11) is 1.55. The van der Waals surface area contributed by atoms with Crippen molar-refractivity contribution >= 4 is 23.2 Å². The van der Waals surface area contributed by atoms with Crippen LogP contribution in [0.25, 0.3) is 0 Å². The summed E-state index contributed by atoms with van der Waals surface area (Å²) in [4.78, 5) is 0. The number of rotatable bonds is 4. The molecule has 2 aliphatic heterocycles. The molecule has 2 aliphatic rings. The van der Waals surface area contributed by atoms with Crippen LogP contribution in [0, 0.1) is 0 Å². The van der Waals surface area contributed by atoms with E-state index < -0.39 is 5.79 Å². The lowest BCUT2D eigenvalue weighted by Gasteiger charge is -2.22. The van der Waals surface area contributed by atoms with Gasteiger partial charge < -0.3 is 23.7 Å². The predicted octanol–water partition coefficient (Wildman–Crippen LogP) is 2.17. The Morgan fingerprint density at radius 1 is 1.33 bits per heavy atom. The van der Waals surface area contributed by atoms with Crippen LogP contribution in [0.2, 0.25) is 0 Å². The maximum atomic E-state index is 5.79. The van der Waals surface area contributed by atoms with Crippen LogP contribution in [0.15, 0.2) is 10.3 Å². The molecule has 0 amide bonds. The molecule has 2 rings (SSSR count). The first-order chi connectivity index (χ1) is 8.44. The van der Waals surface area contributed by atoms with Gasteiger partial charge in [-0.15, -0.1) is 0 Å². The van der Waals surface area contributed by atoms with Crippen molar-refractivity contribution in [2.75, 3.05) is 20.5 Å². The Kier molecular flexibility index (Phi) is 4.41. The molecule has 0 N–H and O–H groups in total. The van der Waals surface area contributed by atoms with Crippen molar-refractivity contribution in [1.82, 2.24) is 0 Å². The smallest absolute Gasteiger partial charge is 0.164 e. The van der Waals surface area contributed by atoms with E-state index in [1.807, 2.05) is 13.8 Å². The van der Waals surface area contributed by atoms with Crippen LogP contribution >= 0.6 is 23.2 Å². The van der Waals surface area contributed by atoms with E-state index in [0.29, 0.717) is 12.4 Å². The van der Waals surface area contributed by atoms with E-state index in [2.05, 4.69) is 0 Å². The maximum absolute atomic E-state index is 5.79. The molecular formula is C11H16Cl2O5. The van der Waals surface area contributed by atoms with Crippen LogP contribution in [0.4, 0.5) is 0 Å². The van der Waals surface area contributed by atoms with Gasteiger partial charge in [0.25, 0.3) is 0 Å². The summed E-state index contributed by atoms with van der Waals surface area (Å²) >= 11 is 11.6. The van der Waals surface area contributed by atoms with E-state index in [4.69, 9.17) is 46.9 Å². The highest BCUT2D eigenvalue weighted by molar-refractivity contribution is 6.56. The number of fused-ring (bicyclic) bond motifs is 1. The molecule has 0 aromatic rings. The van der Waals surface area contributed by atoms with E-state index in [9.17, 15) is 0 Å². The first-order valence-electron chi connectivity index (χ1n) is 5.59. The quantitative estimate of drug-likeness (QED) is 0.588. The van der Waals surface area contributed by atoms with Gasteiger partial charge in [-0.25, -0.2) is 0 Å². The lowest BCUT2D eigenvalue weighted by atomic mass is 10.1. The van der Waals surface area contributed by atoms with Gasteiger partial charge in [0, 0.05) is 7.11 Å². The van der Waals surface area contributed by atoms with Crippen molar-refractivity contribution in [1.29, 1.82) is 0 Å². The third-order valence-corrected chi connectivity index (χ3v) is 3.07. The van der Waals surface area contributed by atoms with Crippen LogP contribution in [0.1, 0.15) is 13.8 Å². The van der Waals surface area contributed by atoms with Crippen molar-refractivity contribution < 1.29 is 23.7 Å². The summed E-state index contributed by atoms with van der Waals surface area (Å²) in [6.45, 7) is 4.17. The minimum Gasteiger partial charge on any atom is -0.484 e. The van der Waals surface area contributed by atoms with Crippen LogP contribution in [0.3, 0.4) is 0 Å². The van der Waals surface area contributed by atoms with Gasteiger partial charge in [0.1, 0.15) is 17.4 Å². The monoisotopic (exact) mass is 298 g/mol. The van der Waals surface area contributed by atoms with Crippen molar-refractivity contribution in [3.63, 3.8) is 0 Å². The molecule has 7 heteroatoms. The molecule has 0 spiro atoms. The van der Waals surface area contributed by atoms with Crippen molar-refractivity contribution in [2.45, 2.75) is 37.9 Å². The third-order valence-electron chi connectivity index (χ3n) is 2.70. The number of halogens is 2. The highest BCUT2D eigenvalue weighted by Crippen LogP contribution is 2.42. The second kappa shape index (κ2) is 5.53. The average molecular weight is 299 g/mol. The zero-order valence-electron chi connectivity index (χ0n) is 10.4. The Hall–Kier alpha value is -0.0400. The largest absolute Gasteiger partial charge is 0.484 e. The van der Waals surface area contributed by atoms with E-state index in [0.717, 1.165) is 0 Å². The molecule has 0 unspecified atom stereocenters. The van der Waals surface area contributed by atoms with Crippen LogP contribution in [-0.4, -0.2) is 44.6 Å². The highest BCUT2D eigenvalue weighted by atomic mass is 35.5. The predicted molar refractivity (Wildman–Crippen MR) is 65.3 cm³/mol. The normalized spacial score (nSPS) is 33.4. The fourth-order valence-electron chi connectivity index (χ4n) is 2.09. The average Bonchev–Trinajstić information content (AvgIpc) is 2.73. The summed E-state index contributed by atoms with van der Waals surface area (Å²) in [5.41, 5.74) is 0. The lowest BCUT2D eigenvalue weighted by molar-refractivity contribution is -0.174. The van der Waals surface area contributed by atoms with Gasteiger partial charge in [0.2, 0.25) is 0 Å². The number of methoxy groups -OCH3 is 1. The fourth-order valence-corrected chi connectivity index (χ4v) is 2.39. The van der Waals surface area contributed by atoms with Crippen molar-refractivity contribution in [3.8, 4) is 0 Å². The summed E-state index contributed by atoms with van der Waals surface area (Å²) in [5, 5.41) is 0. The lowest BCUT2D eigenvalue weighted by Crippen LogP contribution is -2.33. The van der Waals surface area contributed by atoms with E-state index >= 15 is 0 Å². The Morgan fingerprint density at radius 3 is 2.67 bits per heavy atom. The van der Waals surface area contributed by atoms with Crippen LogP contribution in [-0.2, 0) is 23.7 Å². The van der Waals surface area contributed by atoms with Crippen molar-refractivity contribution in [3.05, 3.63) is 10.3 Å². The third kappa shape index (κ3) is 2.92. The molecule has 0 aromatic carbocycles. The molecule has 0 bridgehead atoms. The van der Waals surface area contributed by atoms with E-state index in [-0.39, 0.29) is 29.6 Å². The van der Waals surface area contributed by atoms with Gasteiger partial charge in [0.05, 0.1) is 6.61 Å². The standard InChI is InChI=1S/C11H16Cl2O5/c1-11(2)17-7-6(4-15-5-14-3)16-9(10(12)13)8(7)18-11/h6-8H,4-5H2,1-3H3/t6-,7+,8+/m1/s1. The molecule has 104 valence electrons. The molecule has 0 radical (unpaired) electrons. The zero-order valence-corrected chi connectivity index (χ0v) is 12.0. The Labute approximate surface area is 116 Å². The molecule has 0 aromatic heterocycles. The molecular weight excluding hydrogens is 283 g/mol. The first-order valence-corrected chi connectivity index (χ1v) is 6.34. The second-order valence-corrected chi connectivity index (χ2v) is 5.53. The van der Waals surface area contributed by atoms with E-state index in [1.165, 1.54) is 0 Å².